The molecule has 1 aromatic rings. The molecule has 0 unspecified atom stereocenters. The third kappa shape index (κ3) is 2.30. The van der Waals surface area contributed by atoms with E-state index in [4.69, 9.17) is 0 Å². The summed E-state index contributed by atoms with van der Waals surface area (Å²) >= 11 is 0. The summed E-state index contributed by atoms with van der Waals surface area (Å²) in [5.74, 6) is -0.910. The minimum absolute atomic E-state index is 0.109. The lowest BCUT2D eigenvalue weighted by Crippen LogP contribution is -2.24. The van der Waals surface area contributed by atoms with Gasteiger partial charge in [-0.2, -0.15) is 0 Å². The van der Waals surface area contributed by atoms with Gasteiger partial charge in [-0.15, -0.1) is 0 Å². The molecule has 3 N–H and O–H groups in total. The van der Waals surface area contributed by atoms with E-state index >= 15 is 0 Å². The Kier molecular flexibility index (Phi) is 3.05. The van der Waals surface area contributed by atoms with Gasteiger partial charge in [0.05, 0.1) is 11.6 Å². The number of rotatable bonds is 2. The smallest absolute Gasteiger partial charge is 0.228 e. The first-order chi connectivity index (χ1) is 7.66. The van der Waals surface area contributed by atoms with E-state index in [2.05, 4.69) is 10.6 Å². The lowest BCUT2D eigenvalue weighted by molar-refractivity contribution is -0.119. The monoisotopic (exact) mass is 224 g/mol. The van der Waals surface area contributed by atoms with Gasteiger partial charge in [0.2, 0.25) is 5.91 Å². The molecule has 1 amide bonds. The maximum atomic E-state index is 12.9. The number of phenolic OH excluding ortho intramolecular Hbond substituents is 1. The molecule has 0 saturated carbocycles. The van der Waals surface area contributed by atoms with E-state index in [0.717, 1.165) is 25.1 Å². The molecular weight excluding hydrogens is 211 g/mol. The molecule has 0 spiro atoms. The van der Waals surface area contributed by atoms with E-state index < -0.39 is 5.82 Å². The summed E-state index contributed by atoms with van der Waals surface area (Å²) in [4.78, 5) is 11.7. The molecule has 2 rings (SSSR count). The first-order valence-electron chi connectivity index (χ1n) is 5.17. The molecule has 16 heavy (non-hydrogen) atoms. The van der Waals surface area contributed by atoms with Crippen molar-refractivity contribution in [2.45, 2.75) is 6.42 Å². The molecule has 1 atom stereocenters. The minimum Gasteiger partial charge on any atom is -0.506 e. The summed E-state index contributed by atoms with van der Waals surface area (Å²) in [6, 6.07) is 3.47. The molecule has 1 aliphatic heterocycles. The number of carbonyl (C=O) groups is 1. The summed E-state index contributed by atoms with van der Waals surface area (Å²) in [6.45, 7) is 1.44. The topological polar surface area (TPSA) is 61.4 Å². The molecular formula is C11H13FN2O2. The zero-order chi connectivity index (χ0) is 11.5. The van der Waals surface area contributed by atoms with Crippen molar-refractivity contribution in [2.24, 2.45) is 5.92 Å². The number of phenols is 1. The van der Waals surface area contributed by atoms with Crippen LogP contribution in [0, 0.1) is 11.7 Å². The Morgan fingerprint density at radius 3 is 3.06 bits per heavy atom. The van der Waals surface area contributed by atoms with Crippen LogP contribution in [0.1, 0.15) is 6.42 Å². The van der Waals surface area contributed by atoms with Crippen LogP contribution in [0.15, 0.2) is 18.2 Å². The Morgan fingerprint density at radius 1 is 1.56 bits per heavy atom. The van der Waals surface area contributed by atoms with Crippen molar-refractivity contribution < 1.29 is 14.3 Å². The van der Waals surface area contributed by atoms with Crippen LogP contribution in [0.3, 0.4) is 0 Å². The van der Waals surface area contributed by atoms with Gasteiger partial charge in [0.15, 0.2) is 0 Å². The Balaban J connectivity index is 2.07. The Morgan fingerprint density at radius 2 is 2.38 bits per heavy atom. The fourth-order valence-electron chi connectivity index (χ4n) is 1.72. The van der Waals surface area contributed by atoms with Crippen LogP contribution in [0.4, 0.5) is 10.1 Å². The molecule has 1 saturated heterocycles. The van der Waals surface area contributed by atoms with Crippen LogP contribution in [-0.4, -0.2) is 24.1 Å². The van der Waals surface area contributed by atoms with E-state index in [1.54, 1.807) is 0 Å². The number of hydrogen-bond acceptors (Lipinski definition) is 3. The number of hydrogen-bond donors (Lipinski definition) is 3. The van der Waals surface area contributed by atoms with Gasteiger partial charge >= 0.3 is 0 Å². The van der Waals surface area contributed by atoms with Gasteiger partial charge < -0.3 is 15.7 Å². The standard InChI is InChI=1S/C11H13FN2O2/c12-8-1-2-10(15)9(5-8)14-11(16)7-3-4-13-6-7/h1-2,5,7,13,15H,3-4,6H2,(H,14,16)/t7-/m0/s1. The van der Waals surface area contributed by atoms with E-state index in [9.17, 15) is 14.3 Å². The predicted molar refractivity (Wildman–Crippen MR) is 57.7 cm³/mol. The Hall–Kier alpha value is -1.62. The van der Waals surface area contributed by atoms with Gasteiger partial charge in [-0.3, -0.25) is 4.79 Å². The summed E-state index contributed by atoms with van der Waals surface area (Å²) in [5.41, 5.74) is 0.122. The molecule has 0 radical (unpaired) electrons. The second-order valence-electron chi connectivity index (χ2n) is 3.84. The average Bonchev–Trinajstić information content (AvgIpc) is 2.76. The number of aromatic hydroxyl groups is 1. The molecule has 5 heteroatoms. The van der Waals surface area contributed by atoms with Gasteiger partial charge in [-0.25, -0.2) is 4.39 Å². The van der Waals surface area contributed by atoms with Crippen molar-refractivity contribution in [2.75, 3.05) is 18.4 Å². The van der Waals surface area contributed by atoms with Gasteiger partial charge in [0, 0.05) is 12.6 Å². The number of anilines is 1. The fourth-order valence-corrected chi connectivity index (χ4v) is 1.72. The SMILES string of the molecule is O=C(Nc1cc(F)ccc1O)[C@H]1CCNC1. The molecule has 0 bridgehead atoms. The van der Waals surface area contributed by atoms with Crippen molar-refractivity contribution in [3.63, 3.8) is 0 Å². The van der Waals surface area contributed by atoms with E-state index in [0.29, 0.717) is 6.54 Å². The summed E-state index contributed by atoms with van der Waals surface area (Å²) in [5, 5.41) is 15.0. The van der Waals surface area contributed by atoms with Crippen LogP contribution in [0.2, 0.25) is 0 Å². The molecule has 1 fully saturated rings. The van der Waals surface area contributed by atoms with Crippen molar-refractivity contribution in [1.29, 1.82) is 0 Å². The summed E-state index contributed by atoms with van der Waals surface area (Å²) < 4.78 is 12.9. The number of halogens is 1. The highest BCUT2D eigenvalue weighted by molar-refractivity contribution is 5.94. The van der Waals surface area contributed by atoms with Crippen LogP contribution in [-0.2, 0) is 4.79 Å². The molecule has 4 nitrogen and oxygen atoms in total. The maximum Gasteiger partial charge on any atom is 0.228 e. The molecule has 0 aliphatic carbocycles. The molecule has 0 aromatic heterocycles. The Labute approximate surface area is 92.5 Å². The number of carbonyl (C=O) groups excluding carboxylic acids is 1. The molecule has 1 heterocycles. The van der Waals surface area contributed by atoms with E-state index in [-0.39, 0.29) is 23.3 Å². The van der Waals surface area contributed by atoms with Crippen molar-refractivity contribution >= 4 is 11.6 Å². The second-order valence-corrected chi connectivity index (χ2v) is 3.84. The minimum atomic E-state index is -0.488. The third-order valence-electron chi connectivity index (χ3n) is 2.65. The number of amides is 1. The van der Waals surface area contributed by atoms with Gasteiger partial charge in [-0.05, 0) is 25.1 Å². The van der Waals surface area contributed by atoms with Crippen molar-refractivity contribution in [3.05, 3.63) is 24.0 Å². The highest BCUT2D eigenvalue weighted by atomic mass is 19.1. The van der Waals surface area contributed by atoms with Crippen molar-refractivity contribution in [3.8, 4) is 5.75 Å². The second kappa shape index (κ2) is 4.49. The highest BCUT2D eigenvalue weighted by Gasteiger charge is 2.23. The van der Waals surface area contributed by atoms with Crippen LogP contribution in [0.5, 0.6) is 5.75 Å². The molecule has 86 valence electrons. The van der Waals surface area contributed by atoms with E-state index in [1.165, 1.54) is 6.07 Å². The largest absolute Gasteiger partial charge is 0.506 e. The first kappa shape index (κ1) is 10.9. The number of benzene rings is 1. The fraction of sp³-hybridized carbons (Fsp3) is 0.364. The van der Waals surface area contributed by atoms with E-state index in [1.807, 2.05) is 0 Å². The number of nitrogens with one attached hydrogen (secondary N) is 2. The quantitative estimate of drug-likeness (QED) is 0.659. The van der Waals surface area contributed by atoms with Gasteiger partial charge in [-0.1, -0.05) is 0 Å². The molecule has 1 aliphatic rings. The predicted octanol–water partition coefficient (Wildman–Crippen LogP) is 1.08. The normalized spacial score (nSPS) is 19.7. The van der Waals surface area contributed by atoms with Crippen molar-refractivity contribution in [1.82, 2.24) is 5.32 Å². The lowest BCUT2D eigenvalue weighted by atomic mass is 10.1. The van der Waals surface area contributed by atoms with Gasteiger partial charge in [0.1, 0.15) is 11.6 Å². The van der Waals surface area contributed by atoms with Crippen LogP contribution in [0.25, 0.3) is 0 Å². The zero-order valence-corrected chi connectivity index (χ0v) is 8.66. The van der Waals surface area contributed by atoms with Crippen LogP contribution >= 0.6 is 0 Å². The zero-order valence-electron chi connectivity index (χ0n) is 8.66. The van der Waals surface area contributed by atoms with Gasteiger partial charge in [0.25, 0.3) is 0 Å². The molecule has 1 aromatic carbocycles. The Bertz CT molecular complexity index is 403. The first-order valence-corrected chi connectivity index (χ1v) is 5.17. The lowest BCUT2D eigenvalue weighted by Gasteiger charge is -2.11. The average molecular weight is 224 g/mol. The third-order valence-corrected chi connectivity index (χ3v) is 2.65. The summed E-state index contributed by atoms with van der Waals surface area (Å²) in [6.07, 6.45) is 0.766. The summed E-state index contributed by atoms with van der Waals surface area (Å²) in [7, 11) is 0. The maximum absolute atomic E-state index is 12.9. The highest BCUT2D eigenvalue weighted by Crippen LogP contribution is 2.24. The van der Waals surface area contributed by atoms with Crippen LogP contribution < -0.4 is 10.6 Å².